The Labute approximate surface area is 197 Å². The summed E-state index contributed by atoms with van der Waals surface area (Å²) in [5.41, 5.74) is 8.02. The zero-order valence-electron chi connectivity index (χ0n) is 20.0. The number of carbonyl (C=O) groups is 1. The van der Waals surface area contributed by atoms with Crippen LogP contribution in [0.15, 0.2) is 54.6 Å². The average molecular weight is 440 g/mol. The lowest BCUT2D eigenvalue weighted by atomic mass is 9.99. The number of carbonyl (C=O) groups excluding carboxylic acids is 1. The Hall–Kier alpha value is -3.32. The first-order chi connectivity index (χ1) is 16.0. The molecule has 1 aliphatic heterocycles. The Morgan fingerprint density at radius 2 is 1.76 bits per heavy atom. The molecule has 4 rings (SSSR count). The van der Waals surface area contributed by atoms with Crippen molar-refractivity contribution in [3.63, 3.8) is 0 Å². The minimum atomic E-state index is 0.257. The summed E-state index contributed by atoms with van der Waals surface area (Å²) in [6.07, 6.45) is 3.85. The van der Waals surface area contributed by atoms with Crippen LogP contribution in [0.5, 0.6) is 0 Å². The van der Waals surface area contributed by atoms with Crippen molar-refractivity contribution in [1.82, 2.24) is 9.47 Å². The summed E-state index contributed by atoms with van der Waals surface area (Å²) in [7, 11) is 0. The second-order valence-electron chi connectivity index (χ2n) is 9.43. The number of likely N-dealkylation sites (tertiary alicyclic amines) is 1. The quantitative estimate of drug-likeness (QED) is 0.472. The van der Waals surface area contributed by atoms with E-state index in [1.807, 2.05) is 17.0 Å². The van der Waals surface area contributed by atoms with Crippen LogP contribution < -0.4 is 0 Å². The molecule has 1 fully saturated rings. The summed E-state index contributed by atoms with van der Waals surface area (Å²) in [6.45, 7) is 8.30. The Kier molecular flexibility index (Phi) is 6.99. The number of nitrogens with zero attached hydrogens (tertiary/aromatic N) is 3. The number of nitriles is 1. The maximum atomic E-state index is 12.9. The molecular weight excluding hydrogens is 406 g/mol. The normalized spacial score (nSPS) is 14.3. The largest absolute Gasteiger partial charge is 0.343 e. The molecule has 4 heteroatoms. The van der Waals surface area contributed by atoms with Crippen molar-refractivity contribution in [3.05, 3.63) is 77.0 Å². The van der Waals surface area contributed by atoms with E-state index in [4.69, 9.17) is 5.26 Å². The summed E-state index contributed by atoms with van der Waals surface area (Å²) in [5, 5.41) is 9.02. The number of piperidine rings is 1. The van der Waals surface area contributed by atoms with Crippen LogP contribution in [0.1, 0.15) is 48.6 Å². The Morgan fingerprint density at radius 1 is 1.03 bits per heavy atom. The minimum absolute atomic E-state index is 0.257. The molecule has 1 amide bonds. The Bertz CT molecular complexity index is 1160. The van der Waals surface area contributed by atoms with Crippen LogP contribution >= 0.6 is 0 Å². The smallest absolute Gasteiger partial charge is 0.222 e. The highest BCUT2D eigenvalue weighted by atomic mass is 16.2. The molecule has 0 unspecified atom stereocenters. The van der Waals surface area contributed by atoms with Gasteiger partial charge in [-0.15, -0.1) is 0 Å². The van der Waals surface area contributed by atoms with Gasteiger partial charge in [-0.2, -0.15) is 5.26 Å². The summed E-state index contributed by atoms with van der Waals surface area (Å²) in [6, 6.07) is 21.3. The number of rotatable bonds is 6. The lowest BCUT2D eigenvalue weighted by Gasteiger charge is -2.30. The first-order valence-corrected chi connectivity index (χ1v) is 12.0. The van der Waals surface area contributed by atoms with E-state index in [1.165, 1.54) is 16.7 Å². The second kappa shape index (κ2) is 10.1. The van der Waals surface area contributed by atoms with Gasteiger partial charge in [-0.25, -0.2) is 0 Å². The molecule has 1 aliphatic rings. The lowest BCUT2D eigenvalue weighted by molar-refractivity contribution is -0.132. The summed E-state index contributed by atoms with van der Waals surface area (Å²) in [5.74, 6) is 0.975. The maximum Gasteiger partial charge on any atom is 0.222 e. The molecule has 0 aliphatic carbocycles. The summed E-state index contributed by atoms with van der Waals surface area (Å²) < 4.78 is 2.28. The molecule has 0 radical (unpaired) electrons. The van der Waals surface area contributed by atoms with Gasteiger partial charge >= 0.3 is 0 Å². The van der Waals surface area contributed by atoms with Gasteiger partial charge in [0.1, 0.15) is 0 Å². The van der Waals surface area contributed by atoms with E-state index in [-0.39, 0.29) is 5.91 Å². The van der Waals surface area contributed by atoms with Gasteiger partial charge in [0.05, 0.1) is 18.2 Å². The average Bonchev–Trinajstić information content (AvgIpc) is 3.22. The van der Waals surface area contributed by atoms with Gasteiger partial charge in [0, 0.05) is 36.5 Å². The number of aromatic nitrogens is 1. The highest BCUT2D eigenvalue weighted by molar-refractivity contribution is 5.76. The van der Waals surface area contributed by atoms with E-state index in [0.717, 1.165) is 54.5 Å². The van der Waals surface area contributed by atoms with Gasteiger partial charge in [-0.05, 0) is 74.4 Å². The fraction of sp³-hybridized carbons (Fsp3) is 0.379. The van der Waals surface area contributed by atoms with Crippen molar-refractivity contribution >= 4 is 5.91 Å². The number of aryl methyl sites for hydroxylation is 3. The van der Waals surface area contributed by atoms with Crippen molar-refractivity contribution < 1.29 is 4.79 Å². The van der Waals surface area contributed by atoms with Crippen molar-refractivity contribution in [2.75, 3.05) is 13.1 Å². The molecular formula is C29H33N3O. The first-order valence-electron chi connectivity index (χ1n) is 12.0. The third-order valence-corrected chi connectivity index (χ3v) is 6.83. The molecule has 0 spiro atoms. The zero-order chi connectivity index (χ0) is 23.4. The predicted molar refractivity (Wildman–Crippen MR) is 133 cm³/mol. The van der Waals surface area contributed by atoms with E-state index in [0.29, 0.717) is 19.3 Å². The summed E-state index contributed by atoms with van der Waals surface area (Å²) in [4.78, 5) is 14.9. The molecule has 2 heterocycles. The molecule has 33 heavy (non-hydrogen) atoms. The maximum absolute atomic E-state index is 12.9. The molecule has 2 aromatic carbocycles. The topological polar surface area (TPSA) is 49.0 Å². The highest BCUT2D eigenvalue weighted by Gasteiger charge is 2.21. The molecule has 3 aromatic rings. The van der Waals surface area contributed by atoms with E-state index >= 15 is 0 Å². The third kappa shape index (κ3) is 5.20. The van der Waals surface area contributed by atoms with Gasteiger partial charge in [0.25, 0.3) is 0 Å². The van der Waals surface area contributed by atoms with Crippen LogP contribution in [0.4, 0.5) is 0 Å². The SMILES string of the molecule is Cc1ccc(-c2ccc(CCC(=O)N3CCC(C)CC3)n2-c2ccc(CC#N)cc2)c(C)c1. The van der Waals surface area contributed by atoms with Gasteiger partial charge in [-0.3, -0.25) is 4.79 Å². The first kappa shape index (κ1) is 22.9. The third-order valence-electron chi connectivity index (χ3n) is 6.83. The predicted octanol–water partition coefficient (Wildman–Crippen LogP) is 6.02. The van der Waals surface area contributed by atoms with Crippen LogP contribution in [0.25, 0.3) is 16.9 Å². The van der Waals surface area contributed by atoms with E-state index in [9.17, 15) is 4.79 Å². The fourth-order valence-corrected chi connectivity index (χ4v) is 4.80. The van der Waals surface area contributed by atoms with Crippen LogP contribution in [0, 0.1) is 31.1 Å². The zero-order valence-corrected chi connectivity index (χ0v) is 20.0. The van der Waals surface area contributed by atoms with Crippen molar-refractivity contribution in [3.8, 4) is 23.0 Å². The Balaban J connectivity index is 1.64. The van der Waals surface area contributed by atoms with Crippen LogP contribution in [-0.2, 0) is 17.6 Å². The van der Waals surface area contributed by atoms with Crippen molar-refractivity contribution in [2.45, 2.75) is 52.9 Å². The van der Waals surface area contributed by atoms with Gasteiger partial charge in [-0.1, -0.05) is 42.8 Å². The molecule has 0 saturated carbocycles. The molecule has 4 nitrogen and oxygen atoms in total. The number of benzene rings is 2. The highest BCUT2D eigenvalue weighted by Crippen LogP contribution is 2.30. The number of hydrogen-bond donors (Lipinski definition) is 0. The van der Waals surface area contributed by atoms with Gasteiger partial charge < -0.3 is 9.47 Å². The van der Waals surface area contributed by atoms with Gasteiger partial charge in [0.15, 0.2) is 0 Å². The summed E-state index contributed by atoms with van der Waals surface area (Å²) >= 11 is 0. The Morgan fingerprint density at radius 3 is 2.42 bits per heavy atom. The molecule has 0 atom stereocenters. The number of hydrogen-bond acceptors (Lipinski definition) is 2. The molecule has 0 N–H and O–H groups in total. The van der Waals surface area contributed by atoms with Crippen LogP contribution in [0.3, 0.4) is 0 Å². The van der Waals surface area contributed by atoms with Crippen LogP contribution in [0.2, 0.25) is 0 Å². The van der Waals surface area contributed by atoms with Crippen molar-refractivity contribution in [1.29, 1.82) is 5.26 Å². The monoisotopic (exact) mass is 439 g/mol. The van der Waals surface area contributed by atoms with E-state index < -0.39 is 0 Å². The van der Waals surface area contributed by atoms with E-state index in [1.54, 1.807) is 0 Å². The van der Waals surface area contributed by atoms with Crippen molar-refractivity contribution in [2.24, 2.45) is 5.92 Å². The second-order valence-corrected chi connectivity index (χ2v) is 9.43. The van der Waals surface area contributed by atoms with Crippen LogP contribution in [-0.4, -0.2) is 28.5 Å². The minimum Gasteiger partial charge on any atom is -0.343 e. The lowest BCUT2D eigenvalue weighted by Crippen LogP contribution is -2.38. The standard InChI is InChI=1S/C29H33N3O/c1-21-15-18-31(19-16-21)29(33)13-10-26-9-12-28(27-11-4-22(2)20-23(27)3)32(26)25-7-5-24(6-8-25)14-17-30/h4-9,11-12,20-21H,10,13-16,18-19H2,1-3H3. The van der Waals surface area contributed by atoms with E-state index in [2.05, 4.69) is 73.9 Å². The van der Waals surface area contributed by atoms with Gasteiger partial charge in [0.2, 0.25) is 5.91 Å². The molecule has 1 aromatic heterocycles. The fourth-order valence-electron chi connectivity index (χ4n) is 4.80. The molecule has 0 bridgehead atoms. The number of amides is 1. The molecule has 1 saturated heterocycles. The molecule has 170 valence electrons.